The Morgan fingerprint density at radius 2 is 1.92 bits per heavy atom. The summed E-state index contributed by atoms with van der Waals surface area (Å²) in [5.41, 5.74) is 2.07. The first-order valence-corrected chi connectivity index (χ1v) is 7.89. The summed E-state index contributed by atoms with van der Waals surface area (Å²) in [5, 5.41) is 19.3. The molecular formula is C19H23NO4. The summed E-state index contributed by atoms with van der Waals surface area (Å²) in [5.74, 6) is -0.709. The lowest BCUT2D eigenvalue weighted by Gasteiger charge is -2.31. The molecule has 0 spiro atoms. The Morgan fingerprint density at radius 1 is 1.21 bits per heavy atom. The minimum absolute atomic E-state index is 0.00639. The lowest BCUT2D eigenvalue weighted by Crippen LogP contribution is -2.37. The van der Waals surface area contributed by atoms with Gasteiger partial charge in [0, 0.05) is 18.3 Å². The van der Waals surface area contributed by atoms with E-state index in [9.17, 15) is 15.0 Å². The van der Waals surface area contributed by atoms with Crippen molar-refractivity contribution in [3.05, 3.63) is 59.7 Å². The molecule has 2 rings (SSSR count). The number of rotatable bonds is 7. The van der Waals surface area contributed by atoms with Gasteiger partial charge in [-0.15, -0.1) is 0 Å². The smallest absolute Gasteiger partial charge is 0.341 e. The molecule has 0 aliphatic rings. The van der Waals surface area contributed by atoms with Crippen LogP contribution in [0.2, 0.25) is 0 Å². The maximum Gasteiger partial charge on any atom is 0.341 e. The molecule has 0 bridgehead atoms. The molecule has 0 aliphatic carbocycles. The highest BCUT2D eigenvalue weighted by molar-refractivity contribution is 5.93. The van der Waals surface area contributed by atoms with Crippen LogP contribution >= 0.6 is 0 Å². The van der Waals surface area contributed by atoms with Crippen LogP contribution in [0.1, 0.15) is 22.8 Å². The average molecular weight is 329 g/mol. The number of benzene rings is 2. The quantitative estimate of drug-likeness (QED) is 0.764. The van der Waals surface area contributed by atoms with Crippen LogP contribution in [-0.2, 0) is 11.2 Å². The van der Waals surface area contributed by atoms with Gasteiger partial charge in [0.1, 0.15) is 11.3 Å². The zero-order chi connectivity index (χ0) is 17.5. The second kappa shape index (κ2) is 8.36. The van der Waals surface area contributed by atoms with Crippen molar-refractivity contribution in [2.75, 3.05) is 25.2 Å². The predicted molar refractivity (Wildman–Crippen MR) is 93.5 cm³/mol. The molecule has 0 radical (unpaired) electrons. The number of aliphatic hydroxyl groups is 1. The van der Waals surface area contributed by atoms with Crippen LogP contribution in [0.15, 0.2) is 48.5 Å². The minimum atomic E-state index is -0.589. The summed E-state index contributed by atoms with van der Waals surface area (Å²) >= 11 is 0. The second-order valence-corrected chi connectivity index (χ2v) is 5.65. The number of carbonyl (C=O) groups is 1. The lowest BCUT2D eigenvalue weighted by molar-refractivity contribution is 0.0597. The molecule has 0 saturated carbocycles. The molecule has 0 amide bonds. The van der Waals surface area contributed by atoms with Gasteiger partial charge < -0.3 is 19.8 Å². The summed E-state index contributed by atoms with van der Waals surface area (Å²) < 4.78 is 4.70. The average Bonchev–Trinajstić information content (AvgIpc) is 2.60. The number of anilines is 1. The standard InChI is InChI=1S/C19H23NO4/c1-14(12-15-6-4-3-5-7-15)20(10-11-21)16-8-9-18(22)17(13-16)19(23)24-2/h3-9,13-14,21-22H,10-12H2,1-2H3. The number of aromatic hydroxyl groups is 1. The highest BCUT2D eigenvalue weighted by Crippen LogP contribution is 2.26. The van der Waals surface area contributed by atoms with Crippen LogP contribution in [-0.4, -0.2) is 42.5 Å². The Labute approximate surface area is 142 Å². The van der Waals surface area contributed by atoms with Crippen molar-refractivity contribution in [1.29, 1.82) is 0 Å². The Bertz CT molecular complexity index is 672. The van der Waals surface area contributed by atoms with E-state index < -0.39 is 5.97 Å². The molecule has 24 heavy (non-hydrogen) atoms. The fraction of sp³-hybridized carbons (Fsp3) is 0.316. The van der Waals surface area contributed by atoms with Gasteiger partial charge in [-0.2, -0.15) is 0 Å². The van der Waals surface area contributed by atoms with Gasteiger partial charge >= 0.3 is 5.97 Å². The van der Waals surface area contributed by atoms with Crippen LogP contribution in [0.4, 0.5) is 5.69 Å². The van der Waals surface area contributed by atoms with Crippen molar-refractivity contribution in [3.8, 4) is 5.75 Å². The summed E-state index contributed by atoms with van der Waals surface area (Å²) in [6.45, 7) is 2.49. The van der Waals surface area contributed by atoms with E-state index in [2.05, 4.69) is 19.1 Å². The monoisotopic (exact) mass is 329 g/mol. The molecule has 1 atom stereocenters. The van der Waals surface area contributed by atoms with Gasteiger partial charge in [-0.25, -0.2) is 4.79 Å². The van der Waals surface area contributed by atoms with E-state index in [1.54, 1.807) is 12.1 Å². The van der Waals surface area contributed by atoms with Gasteiger partial charge in [0.05, 0.1) is 13.7 Å². The molecule has 1 unspecified atom stereocenters. The fourth-order valence-electron chi connectivity index (χ4n) is 2.75. The van der Waals surface area contributed by atoms with Gasteiger partial charge in [-0.3, -0.25) is 0 Å². The third kappa shape index (κ3) is 4.26. The van der Waals surface area contributed by atoms with Gasteiger partial charge in [0.25, 0.3) is 0 Å². The summed E-state index contributed by atoms with van der Waals surface area (Å²) in [6.07, 6.45) is 0.801. The Morgan fingerprint density at radius 3 is 2.54 bits per heavy atom. The topological polar surface area (TPSA) is 70.0 Å². The van der Waals surface area contributed by atoms with Crippen molar-refractivity contribution in [1.82, 2.24) is 0 Å². The molecule has 0 saturated heterocycles. The largest absolute Gasteiger partial charge is 0.507 e. The first-order valence-electron chi connectivity index (χ1n) is 7.89. The van der Waals surface area contributed by atoms with Crippen LogP contribution in [0.25, 0.3) is 0 Å². The molecular weight excluding hydrogens is 306 g/mol. The maximum absolute atomic E-state index is 11.8. The second-order valence-electron chi connectivity index (χ2n) is 5.65. The highest BCUT2D eigenvalue weighted by Gasteiger charge is 2.19. The summed E-state index contributed by atoms with van der Waals surface area (Å²) in [4.78, 5) is 13.8. The minimum Gasteiger partial charge on any atom is -0.507 e. The Kier molecular flexibility index (Phi) is 6.21. The molecule has 5 nitrogen and oxygen atoms in total. The molecule has 2 aromatic carbocycles. The number of esters is 1. The number of carbonyl (C=O) groups excluding carboxylic acids is 1. The van der Waals surface area contributed by atoms with E-state index in [0.717, 1.165) is 12.1 Å². The predicted octanol–water partition coefficient (Wildman–Crippen LogP) is 2.61. The van der Waals surface area contributed by atoms with Crippen molar-refractivity contribution < 1.29 is 19.7 Å². The molecule has 0 fully saturated rings. The molecule has 5 heteroatoms. The van der Waals surface area contributed by atoms with E-state index in [1.807, 2.05) is 23.1 Å². The van der Waals surface area contributed by atoms with E-state index in [-0.39, 0.29) is 24.0 Å². The van der Waals surface area contributed by atoms with Crippen LogP contribution < -0.4 is 4.90 Å². The van der Waals surface area contributed by atoms with Crippen molar-refractivity contribution in [3.63, 3.8) is 0 Å². The van der Waals surface area contributed by atoms with Gasteiger partial charge in [-0.1, -0.05) is 30.3 Å². The van der Waals surface area contributed by atoms with Crippen LogP contribution in [0.5, 0.6) is 5.75 Å². The fourth-order valence-corrected chi connectivity index (χ4v) is 2.75. The number of aliphatic hydroxyl groups excluding tert-OH is 1. The van der Waals surface area contributed by atoms with Crippen molar-refractivity contribution >= 4 is 11.7 Å². The number of nitrogens with zero attached hydrogens (tertiary/aromatic N) is 1. The normalized spacial score (nSPS) is 11.8. The van der Waals surface area contributed by atoms with Gasteiger partial charge in [0.2, 0.25) is 0 Å². The first-order chi connectivity index (χ1) is 11.6. The Balaban J connectivity index is 2.28. The van der Waals surface area contributed by atoms with Gasteiger partial charge in [0.15, 0.2) is 0 Å². The van der Waals surface area contributed by atoms with Gasteiger partial charge in [-0.05, 0) is 37.1 Å². The zero-order valence-corrected chi connectivity index (χ0v) is 14.0. The maximum atomic E-state index is 11.8. The number of ether oxygens (including phenoxy) is 1. The van der Waals surface area contributed by atoms with Crippen molar-refractivity contribution in [2.24, 2.45) is 0 Å². The number of hydrogen-bond donors (Lipinski definition) is 2. The first kappa shape index (κ1) is 17.8. The number of hydrogen-bond acceptors (Lipinski definition) is 5. The summed E-state index contributed by atoms with van der Waals surface area (Å²) in [7, 11) is 1.28. The molecule has 128 valence electrons. The molecule has 0 heterocycles. The van der Waals surface area contributed by atoms with Crippen LogP contribution in [0, 0.1) is 0 Å². The SMILES string of the molecule is COC(=O)c1cc(N(CCO)C(C)Cc2ccccc2)ccc1O. The highest BCUT2D eigenvalue weighted by atomic mass is 16.5. The molecule has 0 aliphatic heterocycles. The third-order valence-corrected chi connectivity index (χ3v) is 3.96. The third-order valence-electron chi connectivity index (χ3n) is 3.96. The summed E-state index contributed by atoms with van der Waals surface area (Å²) in [6, 6.07) is 15.0. The van der Waals surface area contributed by atoms with E-state index in [4.69, 9.17) is 4.74 Å². The zero-order valence-electron chi connectivity index (χ0n) is 14.0. The van der Waals surface area contributed by atoms with E-state index >= 15 is 0 Å². The van der Waals surface area contributed by atoms with Crippen molar-refractivity contribution in [2.45, 2.75) is 19.4 Å². The van der Waals surface area contributed by atoms with E-state index in [1.165, 1.54) is 18.7 Å². The van der Waals surface area contributed by atoms with Crippen LogP contribution in [0.3, 0.4) is 0 Å². The number of methoxy groups -OCH3 is 1. The Hall–Kier alpha value is -2.53. The molecule has 0 aromatic heterocycles. The number of phenolic OH excluding ortho intramolecular Hbond substituents is 1. The molecule has 2 N–H and O–H groups in total. The molecule has 2 aromatic rings. The lowest BCUT2D eigenvalue weighted by atomic mass is 10.0. The van der Waals surface area contributed by atoms with E-state index in [0.29, 0.717) is 6.54 Å². The number of phenols is 1.